The van der Waals surface area contributed by atoms with Crippen molar-refractivity contribution >= 4 is 33.2 Å². The standard InChI is InChI=1S/C15H12BrClN2O/c16-12-4-5-15(17)11(8-12)10-19-13-2-1-3-14(9-13)20-7-6-18/h1-5,8-9,19H,7,10H2. The highest BCUT2D eigenvalue weighted by Gasteiger charge is 2.02. The van der Waals surface area contributed by atoms with Crippen molar-refractivity contribution in [1.29, 1.82) is 5.26 Å². The summed E-state index contributed by atoms with van der Waals surface area (Å²) in [5.41, 5.74) is 1.92. The van der Waals surface area contributed by atoms with Gasteiger partial charge in [0.05, 0.1) is 0 Å². The Morgan fingerprint density at radius 1 is 1.25 bits per heavy atom. The first-order valence-electron chi connectivity index (χ1n) is 5.96. The molecule has 0 unspecified atom stereocenters. The van der Waals surface area contributed by atoms with Crippen LogP contribution in [0.15, 0.2) is 46.9 Å². The molecule has 0 saturated heterocycles. The molecule has 0 aromatic heterocycles. The molecule has 5 heteroatoms. The fourth-order valence-electron chi connectivity index (χ4n) is 1.69. The zero-order valence-electron chi connectivity index (χ0n) is 10.6. The van der Waals surface area contributed by atoms with Crippen LogP contribution in [-0.4, -0.2) is 6.61 Å². The average Bonchev–Trinajstić information content (AvgIpc) is 2.46. The highest BCUT2D eigenvalue weighted by atomic mass is 79.9. The van der Waals surface area contributed by atoms with Crippen LogP contribution in [0, 0.1) is 11.3 Å². The molecule has 20 heavy (non-hydrogen) atoms. The van der Waals surface area contributed by atoms with Crippen LogP contribution < -0.4 is 10.1 Å². The van der Waals surface area contributed by atoms with E-state index in [1.165, 1.54) is 0 Å². The lowest BCUT2D eigenvalue weighted by Crippen LogP contribution is -2.01. The number of ether oxygens (including phenoxy) is 1. The lowest BCUT2D eigenvalue weighted by Gasteiger charge is -2.10. The van der Waals surface area contributed by atoms with E-state index in [1.54, 1.807) is 0 Å². The maximum absolute atomic E-state index is 8.50. The van der Waals surface area contributed by atoms with Crippen LogP contribution in [0.1, 0.15) is 5.56 Å². The molecule has 0 saturated carbocycles. The summed E-state index contributed by atoms with van der Waals surface area (Å²) in [4.78, 5) is 0. The number of anilines is 1. The number of hydrogen-bond donors (Lipinski definition) is 1. The summed E-state index contributed by atoms with van der Waals surface area (Å²) < 4.78 is 6.25. The second-order valence-electron chi connectivity index (χ2n) is 4.06. The van der Waals surface area contributed by atoms with Crippen LogP contribution in [-0.2, 0) is 6.54 Å². The number of hydrogen-bond acceptors (Lipinski definition) is 3. The van der Waals surface area contributed by atoms with E-state index in [0.717, 1.165) is 20.7 Å². The van der Waals surface area contributed by atoms with Gasteiger partial charge in [0.1, 0.15) is 11.8 Å². The van der Waals surface area contributed by atoms with Gasteiger partial charge in [0.25, 0.3) is 0 Å². The highest BCUT2D eigenvalue weighted by Crippen LogP contribution is 2.23. The summed E-state index contributed by atoms with van der Waals surface area (Å²) in [6.45, 7) is 0.654. The van der Waals surface area contributed by atoms with Crippen molar-refractivity contribution < 1.29 is 4.74 Å². The number of halogens is 2. The third-order valence-electron chi connectivity index (χ3n) is 2.63. The van der Waals surface area contributed by atoms with Crippen molar-refractivity contribution in [3.05, 3.63) is 57.5 Å². The number of nitriles is 1. The predicted octanol–water partition coefficient (Wildman–Crippen LogP) is 4.62. The quantitative estimate of drug-likeness (QED) is 0.855. The maximum atomic E-state index is 8.50. The molecule has 0 amide bonds. The predicted molar refractivity (Wildman–Crippen MR) is 84.0 cm³/mol. The molecule has 0 aliphatic rings. The molecule has 0 fully saturated rings. The van der Waals surface area contributed by atoms with Gasteiger partial charge in [-0.2, -0.15) is 5.26 Å². The van der Waals surface area contributed by atoms with Gasteiger partial charge in [-0.1, -0.05) is 33.6 Å². The summed E-state index contributed by atoms with van der Waals surface area (Å²) >= 11 is 9.57. The summed E-state index contributed by atoms with van der Waals surface area (Å²) in [5, 5.41) is 12.5. The van der Waals surface area contributed by atoms with Crippen molar-refractivity contribution in [1.82, 2.24) is 0 Å². The normalized spacial score (nSPS) is 9.85. The monoisotopic (exact) mass is 350 g/mol. The Morgan fingerprint density at radius 2 is 2.10 bits per heavy atom. The minimum absolute atomic E-state index is 0.0426. The first-order chi connectivity index (χ1) is 9.69. The van der Waals surface area contributed by atoms with Crippen molar-refractivity contribution in [3.63, 3.8) is 0 Å². The molecule has 2 aromatic rings. The van der Waals surface area contributed by atoms with Gasteiger partial charge in [-0.05, 0) is 35.9 Å². The smallest absolute Gasteiger partial charge is 0.174 e. The van der Waals surface area contributed by atoms with Crippen molar-refractivity contribution in [2.24, 2.45) is 0 Å². The zero-order chi connectivity index (χ0) is 14.4. The van der Waals surface area contributed by atoms with E-state index in [4.69, 9.17) is 21.6 Å². The maximum Gasteiger partial charge on any atom is 0.174 e. The van der Waals surface area contributed by atoms with Crippen LogP contribution in [0.4, 0.5) is 5.69 Å². The molecule has 0 aliphatic heterocycles. The molecule has 0 spiro atoms. The Labute approximate surface area is 131 Å². The SMILES string of the molecule is N#CCOc1cccc(NCc2cc(Br)ccc2Cl)c1. The number of benzene rings is 2. The van der Waals surface area contributed by atoms with Crippen LogP contribution in [0.5, 0.6) is 5.75 Å². The molecule has 0 radical (unpaired) electrons. The van der Waals surface area contributed by atoms with Gasteiger partial charge in [-0.3, -0.25) is 0 Å². The first kappa shape index (κ1) is 14.7. The third-order valence-corrected chi connectivity index (χ3v) is 3.49. The summed E-state index contributed by atoms with van der Waals surface area (Å²) in [6.07, 6.45) is 0. The second-order valence-corrected chi connectivity index (χ2v) is 5.39. The summed E-state index contributed by atoms with van der Waals surface area (Å²) in [5.74, 6) is 0.664. The van der Waals surface area contributed by atoms with E-state index in [0.29, 0.717) is 12.3 Å². The van der Waals surface area contributed by atoms with Crippen LogP contribution in [0.25, 0.3) is 0 Å². The van der Waals surface area contributed by atoms with E-state index in [2.05, 4.69) is 21.2 Å². The lowest BCUT2D eigenvalue weighted by molar-refractivity contribution is 0.368. The molecule has 0 aliphatic carbocycles. The molecule has 1 N–H and O–H groups in total. The number of nitrogens with zero attached hydrogens (tertiary/aromatic N) is 1. The fraction of sp³-hybridized carbons (Fsp3) is 0.133. The molecule has 0 atom stereocenters. The van der Waals surface area contributed by atoms with Gasteiger partial charge in [0.15, 0.2) is 6.61 Å². The summed E-state index contributed by atoms with van der Waals surface area (Å²) in [7, 11) is 0. The van der Waals surface area contributed by atoms with E-state index < -0.39 is 0 Å². The molecule has 3 nitrogen and oxygen atoms in total. The van der Waals surface area contributed by atoms with E-state index in [-0.39, 0.29) is 6.61 Å². The third kappa shape index (κ3) is 4.16. The van der Waals surface area contributed by atoms with Gasteiger partial charge in [0, 0.05) is 27.8 Å². The minimum atomic E-state index is 0.0426. The minimum Gasteiger partial charge on any atom is -0.479 e. The van der Waals surface area contributed by atoms with E-state index in [9.17, 15) is 0 Å². The van der Waals surface area contributed by atoms with Crippen LogP contribution in [0.2, 0.25) is 5.02 Å². The molecule has 102 valence electrons. The average molecular weight is 352 g/mol. The zero-order valence-corrected chi connectivity index (χ0v) is 12.9. The molecular formula is C15H12BrClN2O. The topological polar surface area (TPSA) is 45.0 Å². The molecule has 0 heterocycles. The largest absolute Gasteiger partial charge is 0.479 e. The van der Waals surface area contributed by atoms with Crippen molar-refractivity contribution in [2.75, 3.05) is 11.9 Å². The Hall–Kier alpha value is -1.70. The van der Waals surface area contributed by atoms with Crippen molar-refractivity contribution in [2.45, 2.75) is 6.54 Å². The Balaban J connectivity index is 2.03. The molecular weight excluding hydrogens is 340 g/mol. The van der Waals surface area contributed by atoms with Gasteiger partial charge >= 0.3 is 0 Å². The first-order valence-corrected chi connectivity index (χ1v) is 7.14. The fourth-order valence-corrected chi connectivity index (χ4v) is 2.28. The Kier molecular flexibility index (Phi) is 5.28. The molecule has 2 rings (SSSR count). The van der Waals surface area contributed by atoms with E-state index >= 15 is 0 Å². The highest BCUT2D eigenvalue weighted by molar-refractivity contribution is 9.10. The summed E-state index contributed by atoms with van der Waals surface area (Å²) in [6, 6.07) is 15.2. The molecule has 2 aromatic carbocycles. The van der Waals surface area contributed by atoms with Crippen LogP contribution >= 0.6 is 27.5 Å². The van der Waals surface area contributed by atoms with Gasteiger partial charge in [0.2, 0.25) is 0 Å². The molecule has 0 bridgehead atoms. The Bertz CT molecular complexity index is 640. The van der Waals surface area contributed by atoms with Gasteiger partial charge < -0.3 is 10.1 Å². The van der Waals surface area contributed by atoms with Gasteiger partial charge in [-0.15, -0.1) is 0 Å². The lowest BCUT2D eigenvalue weighted by atomic mass is 10.2. The Morgan fingerprint density at radius 3 is 2.90 bits per heavy atom. The number of nitrogens with one attached hydrogen (secondary N) is 1. The van der Waals surface area contributed by atoms with Gasteiger partial charge in [-0.25, -0.2) is 0 Å². The second kappa shape index (κ2) is 7.18. The number of rotatable bonds is 5. The van der Waals surface area contributed by atoms with E-state index in [1.807, 2.05) is 48.5 Å². The van der Waals surface area contributed by atoms with Crippen LogP contribution in [0.3, 0.4) is 0 Å². The van der Waals surface area contributed by atoms with Crippen molar-refractivity contribution in [3.8, 4) is 11.8 Å².